The third kappa shape index (κ3) is 3.48. The number of hydrogen-bond acceptors (Lipinski definition) is 4. The van der Waals surface area contributed by atoms with Crippen LogP contribution in [0.3, 0.4) is 0 Å². The van der Waals surface area contributed by atoms with Gasteiger partial charge in [-0.25, -0.2) is 12.8 Å². The van der Waals surface area contributed by atoms with E-state index in [-0.39, 0.29) is 11.4 Å². The zero-order valence-electron chi connectivity index (χ0n) is 15.8. The van der Waals surface area contributed by atoms with Gasteiger partial charge in [-0.1, -0.05) is 60.7 Å². The van der Waals surface area contributed by atoms with E-state index in [1.807, 2.05) is 6.07 Å². The van der Waals surface area contributed by atoms with E-state index < -0.39 is 38.3 Å². The lowest BCUT2D eigenvalue weighted by molar-refractivity contribution is -0.130. The molecule has 0 spiro atoms. The lowest BCUT2D eigenvalue weighted by atomic mass is 10.1. The van der Waals surface area contributed by atoms with E-state index in [0.717, 1.165) is 5.56 Å². The molecule has 30 heavy (non-hydrogen) atoms. The van der Waals surface area contributed by atoms with E-state index in [9.17, 15) is 22.7 Å². The first kappa shape index (κ1) is 19.8. The Balaban J connectivity index is 1.86. The van der Waals surface area contributed by atoms with Crippen molar-refractivity contribution in [3.05, 3.63) is 113 Å². The molecule has 4 rings (SSSR count). The normalized spacial score (nSPS) is 16.9. The van der Waals surface area contributed by atoms with Crippen LogP contribution in [-0.4, -0.2) is 24.3 Å². The van der Waals surface area contributed by atoms with Crippen molar-refractivity contribution in [2.24, 2.45) is 0 Å². The molecule has 0 radical (unpaired) electrons. The zero-order valence-corrected chi connectivity index (χ0v) is 16.6. The largest absolute Gasteiger partial charge is 0.502 e. The Hall–Kier alpha value is -3.45. The van der Waals surface area contributed by atoms with E-state index in [4.69, 9.17) is 0 Å². The SMILES string of the molecule is O=C1C(O)=C(S(=O)(=O)c2ccccc2)[C@H](c2ccc(F)cc2)N1Cc1ccccc1. The second kappa shape index (κ2) is 7.76. The molecule has 7 heteroatoms. The lowest BCUT2D eigenvalue weighted by Gasteiger charge is -2.27. The zero-order chi connectivity index (χ0) is 21.3. The molecule has 1 aliphatic heterocycles. The van der Waals surface area contributed by atoms with Gasteiger partial charge in [0.2, 0.25) is 9.84 Å². The summed E-state index contributed by atoms with van der Waals surface area (Å²) in [7, 11) is -4.18. The Morgan fingerprint density at radius 3 is 2.03 bits per heavy atom. The number of aliphatic hydroxyl groups is 1. The minimum Gasteiger partial charge on any atom is -0.502 e. The van der Waals surface area contributed by atoms with E-state index in [1.165, 1.54) is 41.3 Å². The quantitative estimate of drug-likeness (QED) is 0.669. The maximum absolute atomic E-state index is 13.5. The number of aliphatic hydroxyl groups excluding tert-OH is 1. The molecule has 1 aliphatic rings. The highest BCUT2D eigenvalue weighted by Gasteiger charge is 2.46. The maximum atomic E-state index is 13.5. The number of rotatable bonds is 5. The highest BCUT2D eigenvalue weighted by molar-refractivity contribution is 7.95. The number of sulfone groups is 1. The Labute approximate surface area is 173 Å². The molecule has 0 aromatic heterocycles. The minimum absolute atomic E-state index is 0.0342. The average Bonchev–Trinajstić information content (AvgIpc) is 3.01. The van der Waals surface area contributed by atoms with Crippen molar-refractivity contribution in [1.82, 2.24) is 4.90 Å². The fourth-order valence-electron chi connectivity index (χ4n) is 3.55. The predicted molar refractivity (Wildman–Crippen MR) is 109 cm³/mol. The van der Waals surface area contributed by atoms with Gasteiger partial charge in [0.25, 0.3) is 5.91 Å². The standard InChI is InChI=1S/C23H18FNO4S/c24-18-13-11-17(12-14-18)20-22(30(28,29)19-9-5-2-6-10-19)21(26)23(27)25(20)15-16-7-3-1-4-8-16/h1-14,20,26H,15H2/t20-/m0/s1. The van der Waals surface area contributed by atoms with Crippen molar-refractivity contribution in [2.75, 3.05) is 0 Å². The monoisotopic (exact) mass is 423 g/mol. The van der Waals surface area contributed by atoms with Gasteiger partial charge in [0.15, 0.2) is 5.76 Å². The maximum Gasteiger partial charge on any atom is 0.290 e. The fourth-order valence-corrected chi connectivity index (χ4v) is 5.22. The van der Waals surface area contributed by atoms with Gasteiger partial charge in [-0.05, 0) is 35.4 Å². The van der Waals surface area contributed by atoms with Gasteiger partial charge >= 0.3 is 0 Å². The first-order valence-electron chi connectivity index (χ1n) is 9.23. The van der Waals surface area contributed by atoms with E-state index in [2.05, 4.69) is 0 Å². The molecule has 1 amide bonds. The Bertz CT molecular complexity index is 1210. The molecule has 1 atom stereocenters. The summed E-state index contributed by atoms with van der Waals surface area (Å²) in [4.78, 5) is 13.8. The first-order valence-corrected chi connectivity index (χ1v) is 10.7. The molecule has 0 bridgehead atoms. The summed E-state index contributed by atoms with van der Waals surface area (Å²) in [5.41, 5.74) is 1.16. The van der Waals surface area contributed by atoms with Crippen LogP contribution in [0.5, 0.6) is 0 Å². The van der Waals surface area contributed by atoms with E-state index in [1.54, 1.807) is 42.5 Å². The molecule has 5 nitrogen and oxygen atoms in total. The number of halogens is 1. The second-order valence-electron chi connectivity index (χ2n) is 6.90. The number of nitrogens with zero attached hydrogens (tertiary/aromatic N) is 1. The molecule has 0 unspecified atom stereocenters. The lowest BCUT2D eigenvalue weighted by Crippen LogP contribution is -2.30. The summed E-state index contributed by atoms with van der Waals surface area (Å²) in [5.74, 6) is -2.09. The van der Waals surface area contributed by atoms with Crippen molar-refractivity contribution in [3.63, 3.8) is 0 Å². The first-order chi connectivity index (χ1) is 14.4. The van der Waals surface area contributed by atoms with Gasteiger partial charge in [0, 0.05) is 6.54 Å². The van der Waals surface area contributed by atoms with Crippen LogP contribution in [0.15, 0.2) is 100 Å². The molecule has 1 heterocycles. The van der Waals surface area contributed by atoms with Crippen LogP contribution in [0.1, 0.15) is 17.2 Å². The molecule has 0 saturated heterocycles. The number of carbonyl (C=O) groups excluding carboxylic acids is 1. The summed E-state index contributed by atoms with van der Waals surface area (Å²) in [6.45, 7) is 0.0829. The molecule has 0 aliphatic carbocycles. The molecule has 0 saturated carbocycles. The van der Waals surface area contributed by atoms with Crippen molar-refractivity contribution < 1.29 is 22.7 Å². The summed E-state index contributed by atoms with van der Waals surface area (Å²) >= 11 is 0. The summed E-state index contributed by atoms with van der Waals surface area (Å²) < 4.78 is 40.2. The van der Waals surface area contributed by atoms with Crippen LogP contribution in [0.4, 0.5) is 4.39 Å². The van der Waals surface area contributed by atoms with Crippen LogP contribution in [-0.2, 0) is 21.2 Å². The van der Waals surface area contributed by atoms with Crippen LogP contribution in [0, 0.1) is 5.82 Å². The number of amides is 1. The summed E-state index contributed by atoms with van der Waals surface area (Å²) in [6.07, 6.45) is 0. The van der Waals surface area contributed by atoms with Crippen LogP contribution < -0.4 is 0 Å². The molecular formula is C23H18FNO4S. The van der Waals surface area contributed by atoms with Gasteiger partial charge in [0.1, 0.15) is 10.7 Å². The van der Waals surface area contributed by atoms with E-state index >= 15 is 0 Å². The molecular weight excluding hydrogens is 405 g/mol. The molecule has 152 valence electrons. The van der Waals surface area contributed by atoms with Gasteiger partial charge < -0.3 is 10.0 Å². The Kier molecular flexibility index (Phi) is 5.13. The molecule has 3 aromatic carbocycles. The van der Waals surface area contributed by atoms with Crippen molar-refractivity contribution in [1.29, 1.82) is 0 Å². The van der Waals surface area contributed by atoms with Gasteiger partial charge in [-0.3, -0.25) is 4.79 Å². The van der Waals surface area contributed by atoms with Gasteiger partial charge in [-0.15, -0.1) is 0 Å². The number of hydrogen-bond donors (Lipinski definition) is 1. The van der Waals surface area contributed by atoms with Crippen LogP contribution in [0.25, 0.3) is 0 Å². The number of benzene rings is 3. The number of carbonyl (C=O) groups is 1. The average molecular weight is 423 g/mol. The summed E-state index contributed by atoms with van der Waals surface area (Å²) in [6, 6.07) is 20.8. The van der Waals surface area contributed by atoms with E-state index in [0.29, 0.717) is 5.56 Å². The third-order valence-corrected chi connectivity index (χ3v) is 6.87. The van der Waals surface area contributed by atoms with Crippen molar-refractivity contribution >= 4 is 15.7 Å². The van der Waals surface area contributed by atoms with Crippen LogP contribution >= 0.6 is 0 Å². The van der Waals surface area contributed by atoms with Gasteiger partial charge in [-0.2, -0.15) is 0 Å². The topological polar surface area (TPSA) is 74.7 Å². The molecule has 1 N–H and O–H groups in total. The minimum atomic E-state index is -4.18. The molecule has 0 fully saturated rings. The van der Waals surface area contributed by atoms with Crippen molar-refractivity contribution in [2.45, 2.75) is 17.5 Å². The summed E-state index contributed by atoms with van der Waals surface area (Å²) in [5, 5.41) is 10.6. The predicted octanol–water partition coefficient (Wildman–Crippen LogP) is 4.15. The highest BCUT2D eigenvalue weighted by Crippen LogP contribution is 2.43. The Morgan fingerprint density at radius 2 is 1.43 bits per heavy atom. The fraction of sp³-hybridized carbons (Fsp3) is 0.0870. The smallest absolute Gasteiger partial charge is 0.290 e. The Morgan fingerprint density at radius 1 is 0.867 bits per heavy atom. The third-order valence-electron chi connectivity index (χ3n) is 4.98. The van der Waals surface area contributed by atoms with Gasteiger partial charge in [0.05, 0.1) is 10.9 Å². The van der Waals surface area contributed by atoms with Crippen molar-refractivity contribution in [3.8, 4) is 0 Å². The molecule has 3 aromatic rings. The second-order valence-corrected chi connectivity index (χ2v) is 8.82. The highest BCUT2D eigenvalue weighted by atomic mass is 32.2. The van der Waals surface area contributed by atoms with Crippen LogP contribution in [0.2, 0.25) is 0 Å².